The predicted molar refractivity (Wildman–Crippen MR) is 166 cm³/mol. The van der Waals surface area contributed by atoms with Crippen molar-refractivity contribution in [1.82, 2.24) is 5.32 Å². The topological polar surface area (TPSA) is 86.6 Å². The van der Waals surface area contributed by atoms with Gasteiger partial charge in [0.15, 0.2) is 5.78 Å². The molecule has 2 aromatic carbocycles. The molecule has 0 heterocycles. The number of carbonyl (C=O) groups is 2. The molecular formula is C36H51NO4. The van der Waals surface area contributed by atoms with Crippen molar-refractivity contribution < 1.29 is 19.8 Å². The third-order valence-corrected chi connectivity index (χ3v) is 9.96. The maximum Gasteiger partial charge on any atom is 0.251 e. The number of hydrogen-bond donors (Lipinski definition) is 3. The number of rotatable bonds is 9. The highest BCUT2D eigenvalue weighted by atomic mass is 16.3. The molecule has 0 aromatic heterocycles. The molecule has 2 aliphatic rings. The van der Waals surface area contributed by atoms with Crippen molar-refractivity contribution in [3.05, 3.63) is 68.8 Å². The average molecular weight is 562 g/mol. The van der Waals surface area contributed by atoms with Gasteiger partial charge in [0.1, 0.15) is 0 Å². The Bertz CT molecular complexity index is 1250. The van der Waals surface area contributed by atoms with Gasteiger partial charge in [-0.05, 0) is 89.7 Å². The Kier molecular flexibility index (Phi) is 8.41. The van der Waals surface area contributed by atoms with E-state index in [1.54, 1.807) is 0 Å². The summed E-state index contributed by atoms with van der Waals surface area (Å²) in [5, 5.41) is 23.2. The van der Waals surface area contributed by atoms with Crippen molar-refractivity contribution in [2.24, 2.45) is 17.8 Å². The molecule has 0 unspecified atom stereocenters. The number of fused-ring (bicyclic) bond motifs is 4. The zero-order valence-corrected chi connectivity index (χ0v) is 26.9. The Labute approximate surface area is 247 Å². The number of benzene rings is 2. The van der Waals surface area contributed by atoms with E-state index in [0.29, 0.717) is 12.0 Å². The van der Waals surface area contributed by atoms with Gasteiger partial charge in [-0.1, -0.05) is 78.6 Å². The average Bonchev–Trinajstić information content (AvgIpc) is 3.23. The number of nitrogens with one attached hydrogen (secondary N) is 1. The molecule has 2 aromatic rings. The van der Waals surface area contributed by atoms with Gasteiger partial charge in [0, 0.05) is 29.6 Å². The Hall–Kier alpha value is -2.50. The fraction of sp³-hybridized carbons (Fsp3) is 0.611. The maximum absolute atomic E-state index is 14.2. The Balaban J connectivity index is 2.01. The normalized spacial score (nSPS) is 21.7. The maximum atomic E-state index is 14.2. The van der Waals surface area contributed by atoms with Crippen LogP contribution in [0, 0.1) is 31.6 Å². The van der Waals surface area contributed by atoms with Crippen LogP contribution in [-0.2, 0) is 16.2 Å². The Morgan fingerprint density at radius 2 is 1.27 bits per heavy atom. The summed E-state index contributed by atoms with van der Waals surface area (Å²) in [5.41, 5.74) is 7.06. The summed E-state index contributed by atoms with van der Waals surface area (Å²) in [7, 11) is 0. The first-order chi connectivity index (χ1) is 19.0. The van der Waals surface area contributed by atoms with Crippen molar-refractivity contribution >= 4 is 11.7 Å². The van der Waals surface area contributed by atoms with Crippen molar-refractivity contribution in [2.75, 3.05) is 13.2 Å². The van der Waals surface area contributed by atoms with E-state index in [2.05, 4.69) is 65.9 Å². The highest BCUT2D eigenvalue weighted by molar-refractivity contribution is 6.01. The van der Waals surface area contributed by atoms with E-state index in [0.717, 1.165) is 40.7 Å². The van der Waals surface area contributed by atoms with E-state index in [1.807, 2.05) is 32.9 Å². The lowest BCUT2D eigenvalue weighted by molar-refractivity contribution is 0.0893. The molecule has 2 aliphatic carbocycles. The minimum atomic E-state index is -0.504. The van der Waals surface area contributed by atoms with Crippen molar-refractivity contribution in [1.29, 1.82) is 0 Å². The molecule has 41 heavy (non-hydrogen) atoms. The number of hydrogen-bond acceptors (Lipinski definition) is 4. The second kappa shape index (κ2) is 11.0. The summed E-state index contributed by atoms with van der Waals surface area (Å²) in [4.78, 5) is 28.2. The van der Waals surface area contributed by atoms with E-state index < -0.39 is 5.41 Å². The van der Waals surface area contributed by atoms with Gasteiger partial charge in [0.2, 0.25) is 0 Å². The fourth-order valence-electron chi connectivity index (χ4n) is 7.84. The molecular weight excluding hydrogens is 510 g/mol. The van der Waals surface area contributed by atoms with E-state index in [-0.39, 0.29) is 59.5 Å². The zero-order valence-electron chi connectivity index (χ0n) is 26.9. The van der Waals surface area contributed by atoms with Gasteiger partial charge in [-0.25, -0.2) is 0 Å². The number of aliphatic hydroxyl groups excluding tert-OH is 2. The minimum absolute atomic E-state index is 0.0185. The first-order valence-corrected chi connectivity index (χ1v) is 15.4. The van der Waals surface area contributed by atoms with E-state index >= 15 is 0 Å². The van der Waals surface area contributed by atoms with Crippen LogP contribution in [0.2, 0.25) is 0 Å². The number of carbonyl (C=O) groups excluding carboxylic acids is 2. The lowest BCUT2D eigenvalue weighted by atomic mass is 9.69. The summed E-state index contributed by atoms with van der Waals surface area (Å²) < 4.78 is 0. The molecule has 1 amide bonds. The highest BCUT2D eigenvalue weighted by Crippen LogP contribution is 2.64. The first-order valence-electron chi connectivity index (χ1n) is 15.4. The van der Waals surface area contributed by atoms with Gasteiger partial charge in [-0.15, -0.1) is 0 Å². The summed E-state index contributed by atoms with van der Waals surface area (Å²) >= 11 is 0. The molecule has 3 atom stereocenters. The van der Waals surface area contributed by atoms with Gasteiger partial charge < -0.3 is 15.5 Å². The van der Waals surface area contributed by atoms with Crippen molar-refractivity contribution in [2.45, 2.75) is 111 Å². The van der Waals surface area contributed by atoms with Crippen LogP contribution in [0.5, 0.6) is 0 Å². The van der Waals surface area contributed by atoms with Crippen LogP contribution >= 0.6 is 0 Å². The lowest BCUT2D eigenvalue weighted by Gasteiger charge is -2.33. The van der Waals surface area contributed by atoms with E-state index in [1.165, 1.54) is 11.1 Å². The van der Waals surface area contributed by atoms with Gasteiger partial charge in [0.25, 0.3) is 5.91 Å². The molecule has 0 bridgehead atoms. The predicted octanol–water partition coefficient (Wildman–Crippen LogP) is 6.54. The van der Waals surface area contributed by atoms with Crippen LogP contribution in [0.4, 0.5) is 0 Å². The van der Waals surface area contributed by atoms with Crippen LogP contribution in [0.15, 0.2) is 24.3 Å². The molecule has 0 saturated heterocycles. The van der Waals surface area contributed by atoms with Gasteiger partial charge in [-0.2, -0.15) is 0 Å². The molecule has 0 radical (unpaired) electrons. The second-order valence-corrected chi connectivity index (χ2v) is 15.0. The number of ketones is 1. The number of amides is 1. The standard InChI is InChI=1S/C36H51NO4/c1-20(2)24(16-38)15-30(40)25-11-22(5)13-27-31(25)36(18-34(27,7)8)19-35(9,10)28-14-23(6)12-26(32(28)36)33(41)37-29(17-39)21(3)4/h11-14,20-21,24,29,38-39H,15-19H2,1-10H3,(H,37,41)/t24-,29-,36+/m1/s1. The van der Waals surface area contributed by atoms with Gasteiger partial charge >= 0.3 is 0 Å². The van der Waals surface area contributed by atoms with Gasteiger partial charge in [-0.3, -0.25) is 9.59 Å². The summed E-state index contributed by atoms with van der Waals surface area (Å²) in [5.74, 6) is 0.0789. The monoisotopic (exact) mass is 561 g/mol. The van der Waals surface area contributed by atoms with Crippen LogP contribution in [0.25, 0.3) is 0 Å². The van der Waals surface area contributed by atoms with E-state index in [4.69, 9.17) is 0 Å². The van der Waals surface area contributed by atoms with Crippen LogP contribution < -0.4 is 5.32 Å². The number of Topliss-reactive ketones (excluding diaryl/α,β-unsaturated/α-hetero) is 1. The quantitative estimate of drug-likeness (QED) is 0.304. The first kappa shape index (κ1) is 31.4. The molecule has 5 heteroatoms. The lowest BCUT2D eigenvalue weighted by Crippen LogP contribution is -2.42. The minimum Gasteiger partial charge on any atom is -0.396 e. The highest BCUT2D eigenvalue weighted by Gasteiger charge is 2.58. The van der Waals surface area contributed by atoms with Crippen LogP contribution in [0.3, 0.4) is 0 Å². The third kappa shape index (κ3) is 5.41. The smallest absolute Gasteiger partial charge is 0.251 e. The Morgan fingerprint density at radius 3 is 1.71 bits per heavy atom. The van der Waals surface area contributed by atoms with Crippen molar-refractivity contribution in [3.63, 3.8) is 0 Å². The molecule has 1 spiro atoms. The largest absolute Gasteiger partial charge is 0.396 e. The number of aliphatic hydroxyl groups is 2. The summed E-state index contributed by atoms with van der Waals surface area (Å²) in [6, 6.07) is 8.16. The molecule has 0 aliphatic heterocycles. The van der Waals surface area contributed by atoms with E-state index in [9.17, 15) is 19.8 Å². The summed E-state index contributed by atoms with van der Waals surface area (Å²) in [6.07, 6.45) is 1.91. The Morgan fingerprint density at radius 1 is 0.780 bits per heavy atom. The van der Waals surface area contributed by atoms with Crippen LogP contribution in [-0.4, -0.2) is 41.2 Å². The van der Waals surface area contributed by atoms with Crippen molar-refractivity contribution in [3.8, 4) is 0 Å². The molecule has 0 fully saturated rings. The molecule has 224 valence electrons. The third-order valence-electron chi connectivity index (χ3n) is 9.96. The zero-order chi connectivity index (χ0) is 30.7. The molecule has 4 rings (SSSR count). The number of aryl methyl sites for hydroxylation is 2. The molecule has 5 nitrogen and oxygen atoms in total. The molecule has 0 saturated carbocycles. The summed E-state index contributed by atoms with van der Waals surface area (Å²) in [6.45, 7) is 21.1. The SMILES string of the molecule is Cc1cc(C(=O)C[C@H](CO)C(C)C)c2c(c1)C(C)(C)C[C@]21CC(C)(C)c2cc(C)cc(C(=O)N[C@H](CO)C(C)C)c21. The second-order valence-electron chi connectivity index (χ2n) is 15.0. The van der Waals surface area contributed by atoms with Crippen LogP contribution in [0.1, 0.15) is 129 Å². The van der Waals surface area contributed by atoms with Gasteiger partial charge in [0.05, 0.1) is 12.6 Å². The molecule has 3 N–H and O–H groups in total. The fourth-order valence-corrected chi connectivity index (χ4v) is 7.84.